The lowest BCUT2D eigenvalue weighted by Crippen LogP contribution is -2.56. The molecule has 3 aromatic carbocycles. The quantitative estimate of drug-likeness (QED) is 0.306. The van der Waals surface area contributed by atoms with Gasteiger partial charge in [-0.1, -0.05) is 30.3 Å². The summed E-state index contributed by atoms with van der Waals surface area (Å²) in [5, 5.41) is 16.4. The molecule has 0 spiro atoms. The van der Waals surface area contributed by atoms with Crippen molar-refractivity contribution in [2.24, 2.45) is 5.73 Å². The number of benzene rings is 3. The highest BCUT2D eigenvalue weighted by Crippen LogP contribution is 2.31. The lowest BCUT2D eigenvalue weighted by atomic mass is 9.77. The van der Waals surface area contributed by atoms with Crippen molar-refractivity contribution in [3.05, 3.63) is 78.1 Å². The molecule has 0 aliphatic heterocycles. The Labute approximate surface area is 180 Å². The lowest BCUT2D eigenvalue weighted by Gasteiger charge is -2.36. The van der Waals surface area contributed by atoms with E-state index in [-0.39, 0.29) is 11.7 Å². The van der Waals surface area contributed by atoms with Crippen molar-refractivity contribution in [1.82, 2.24) is 0 Å². The summed E-state index contributed by atoms with van der Waals surface area (Å²) in [4.78, 5) is 12.2. The molecule has 1 unspecified atom stereocenters. The highest BCUT2D eigenvalue weighted by atomic mass is 19.1. The van der Waals surface area contributed by atoms with Crippen molar-refractivity contribution >= 4 is 23.0 Å². The van der Waals surface area contributed by atoms with Crippen LogP contribution >= 0.6 is 0 Å². The largest absolute Gasteiger partial charge is 0.397 e. The van der Waals surface area contributed by atoms with Gasteiger partial charge in [0.25, 0.3) is 0 Å². The normalized spacial score (nSPS) is 15.6. The maximum atomic E-state index is 13.2. The number of rotatable bonds is 6. The first-order valence-electron chi connectivity index (χ1n) is 10.1. The number of nitrogens with two attached hydrogens (primary N) is 2. The predicted octanol–water partition coefficient (Wildman–Crippen LogP) is 4.00. The van der Waals surface area contributed by atoms with Crippen LogP contribution in [0.1, 0.15) is 31.1 Å². The monoisotopic (exact) mass is 420 g/mol. The fourth-order valence-corrected chi connectivity index (χ4v) is 3.52. The molecular weight excluding hydrogens is 395 g/mol. The summed E-state index contributed by atoms with van der Waals surface area (Å²) in [6.07, 6.45) is 1.34. The molecule has 31 heavy (non-hydrogen) atoms. The van der Waals surface area contributed by atoms with Crippen molar-refractivity contribution in [1.29, 1.82) is 0 Å². The van der Waals surface area contributed by atoms with Crippen LogP contribution in [-0.4, -0.2) is 16.6 Å². The maximum absolute atomic E-state index is 13.2. The molecule has 0 bridgehead atoms. The molecule has 160 valence electrons. The van der Waals surface area contributed by atoms with E-state index in [4.69, 9.17) is 11.5 Å². The summed E-state index contributed by atoms with van der Waals surface area (Å²) in [5.41, 5.74) is 15.3. The number of anilines is 3. The zero-order valence-electron chi connectivity index (χ0n) is 16.9. The Morgan fingerprint density at radius 1 is 1.00 bits per heavy atom. The van der Waals surface area contributed by atoms with Gasteiger partial charge in [-0.3, -0.25) is 4.79 Å². The highest BCUT2D eigenvalue weighted by molar-refractivity contribution is 5.98. The third-order valence-electron chi connectivity index (χ3n) is 5.71. The first-order valence-corrected chi connectivity index (χ1v) is 10.1. The van der Waals surface area contributed by atoms with E-state index < -0.39 is 11.8 Å². The Morgan fingerprint density at radius 2 is 1.65 bits per heavy atom. The summed E-state index contributed by atoms with van der Waals surface area (Å²) >= 11 is 0. The van der Waals surface area contributed by atoms with Crippen molar-refractivity contribution < 1.29 is 14.3 Å². The summed E-state index contributed by atoms with van der Waals surface area (Å²) in [6.45, 7) is 0. The molecule has 1 amide bonds. The molecular formula is C24H25FN4O2. The molecule has 0 aromatic heterocycles. The number of carbonyl (C=O) groups is 1. The van der Waals surface area contributed by atoms with E-state index >= 15 is 0 Å². The zero-order chi connectivity index (χ0) is 22.0. The van der Waals surface area contributed by atoms with E-state index in [1.165, 1.54) is 12.1 Å². The molecule has 1 aliphatic carbocycles. The summed E-state index contributed by atoms with van der Waals surface area (Å²) < 4.78 is 13.2. The minimum atomic E-state index is -1.01. The number of hydrogen-bond donors (Lipinski definition) is 5. The molecule has 0 radical (unpaired) electrons. The second-order valence-electron chi connectivity index (χ2n) is 7.94. The van der Waals surface area contributed by atoms with Crippen LogP contribution < -0.4 is 22.1 Å². The number of carbonyl (C=O) groups excluding carboxylic acids is 1. The van der Waals surface area contributed by atoms with Gasteiger partial charge in [0.1, 0.15) is 5.82 Å². The summed E-state index contributed by atoms with van der Waals surface area (Å²) in [7, 11) is 0. The molecule has 7 heteroatoms. The number of aliphatic hydroxyl groups is 1. The fourth-order valence-electron chi connectivity index (χ4n) is 3.52. The molecule has 0 saturated heterocycles. The van der Waals surface area contributed by atoms with E-state index in [2.05, 4.69) is 10.6 Å². The average Bonchev–Trinajstić information content (AvgIpc) is 2.74. The van der Waals surface area contributed by atoms with E-state index in [0.717, 1.165) is 17.5 Å². The average molecular weight is 420 g/mol. The molecule has 6 nitrogen and oxygen atoms in total. The molecule has 1 saturated carbocycles. The Bertz CT molecular complexity index is 1080. The second-order valence-corrected chi connectivity index (χ2v) is 7.94. The zero-order valence-corrected chi connectivity index (χ0v) is 16.9. The Kier molecular flexibility index (Phi) is 5.63. The van der Waals surface area contributed by atoms with Gasteiger partial charge < -0.3 is 27.2 Å². The van der Waals surface area contributed by atoms with Gasteiger partial charge in [0.05, 0.1) is 16.9 Å². The van der Waals surface area contributed by atoms with Gasteiger partial charge in [0, 0.05) is 11.3 Å². The number of aliphatic hydroxyl groups excluding tert-OH is 1. The van der Waals surface area contributed by atoms with E-state index in [1.807, 2.05) is 6.07 Å². The second kappa shape index (κ2) is 8.37. The highest BCUT2D eigenvalue weighted by Gasteiger charge is 2.40. The fraction of sp³-hybridized carbons (Fsp3) is 0.208. The van der Waals surface area contributed by atoms with Gasteiger partial charge in [0.15, 0.2) is 6.23 Å². The summed E-state index contributed by atoms with van der Waals surface area (Å²) in [5.74, 6) is -0.488. The van der Waals surface area contributed by atoms with Crippen molar-refractivity contribution in [2.45, 2.75) is 31.0 Å². The number of nitrogens with one attached hydrogen (secondary N) is 2. The molecule has 1 aliphatic rings. The van der Waals surface area contributed by atoms with Gasteiger partial charge in [0.2, 0.25) is 5.91 Å². The summed E-state index contributed by atoms with van der Waals surface area (Å²) in [6, 6.07) is 18.4. The SMILES string of the molecule is Nc1ccc(-c2ccc(F)cc2)cc1NC(O)c1ccc(NC(=O)C2(N)CCC2)cc1. The number of halogens is 1. The first-order chi connectivity index (χ1) is 14.8. The minimum absolute atomic E-state index is 0.185. The van der Waals surface area contributed by atoms with Gasteiger partial charge in [-0.25, -0.2) is 4.39 Å². The maximum Gasteiger partial charge on any atom is 0.244 e. The van der Waals surface area contributed by atoms with E-state index in [1.54, 1.807) is 48.5 Å². The topological polar surface area (TPSA) is 113 Å². The van der Waals surface area contributed by atoms with Crippen molar-refractivity contribution in [3.8, 4) is 11.1 Å². The van der Waals surface area contributed by atoms with E-state index in [0.29, 0.717) is 35.5 Å². The van der Waals surface area contributed by atoms with Crippen molar-refractivity contribution in [3.63, 3.8) is 0 Å². The molecule has 4 rings (SSSR count). The van der Waals surface area contributed by atoms with Crippen LogP contribution in [0.25, 0.3) is 11.1 Å². The van der Waals surface area contributed by atoms with Crippen LogP contribution in [-0.2, 0) is 4.79 Å². The van der Waals surface area contributed by atoms with Crippen LogP contribution in [0, 0.1) is 5.82 Å². The third kappa shape index (κ3) is 4.52. The number of hydrogen-bond acceptors (Lipinski definition) is 5. The smallest absolute Gasteiger partial charge is 0.244 e. The number of amides is 1. The number of nitrogen functional groups attached to an aromatic ring is 1. The van der Waals surface area contributed by atoms with Crippen LogP contribution in [0.3, 0.4) is 0 Å². The molecule has 1 fully saturated rings. The lowest BCUT2D eigenvalue weighted by molar-refractivity contribution is -0.123. The van der Waals surface area contributed by atoms with Crippen LogP contribution in [0.15, 0.2) is 66.7 Å². The van der Waals surface area contributed by atoms with Gasteiger partial charge in [-0.15, -0.1) is 0 Å². The third-order valence-corrected chi connectivity index (χ3v) is 5.71. The van der Waals surface area contributed by atoms with Gasteiger partial charge in [-0.2, -0.15) is 0 Å². The Morgan fingerprint density at radius 3 is 2.26 bits per heavy atom. The molecule has 0 heterocycles. The van der Waals surface area contributed by atoms with Gasteiger partial charge in [-0.05, 0) is 66.8 Å². The first kappa shape index (κ1) is 20.8. The standard InChI is InChI=1S/C24H25FN4O2/c25-18-7-2-15(3-8-18)17-6-11-20(26)21(14-17)29-22(30)16-4-9-19(10-5-16)28-23(31)24(27)12-1-13-24/h2-11,14,22,29-30H,1,12-13,26-27H2,(H,28,31). The Hall–Kier alpha value is -3.42. The van der Waals surface area contributed by atoms with Crippen LogP contribution in [0.5, 0.6) is 0 Å². The van der Waals surface area contributed by atoms with E-state index in [9.17, 15) is 14.3 Å². The molecule has 1 atom stereocenters. The van der Waals surface area contributed by atoms with Crippen LogP contribution in [0.4, 0.5) is 21.5 Å². The minimum Gasteiger partial charge on any atom is -0.397 e. The van der Waals surface area contributed by atoms with Gasteiger partial charge >= 0.3 is 0 Å². The van der Waals surface area contributed by atoms with Crippen molar-refractivity contribution in [2.75, 3.05) is 16.4 Å². The predicted molar refractivity (Wildman–Crippen MR) is 121 cm³/mol. The molecule has 7 N–H and O–H groups in total. The van der Waals surface area contributed by atoms with Crippen LogP contribution in [0.2, 0.25) is 0 Å². The Balaban J connectivity index is 1.45. The molecule has 3 aromatic rings.